The molecule has 0 saturated carbocycles. The van der Waals surface area contributed by atoms with Gasteiger partial charge in [-0.2, -0.15) is 0 Å². The summed E-state index contributed by atoms with van der Waals surface area (Å²) in [4.78, 5) is 96.5. The summed E-state index contributed by atoms with van der Waals surface area (Å²) >= 11 is 0. The Morgan fingerprint density at radius 1 is 0.879 bits per heavy atom. The van der Waals surface area contributed by atoms with Gasteiger partial charge in [-0.05, 0) is 24.6 Å². The normalized spacial score (nSPS) is 26.0. The molecule has 2 saturated heterocycles. The van der Waals surface area contributed by atoms with E-state index < -0.39 is 128 Å². The molecule has 0 bridgehead atoms. The average molecular weight is 913 g/mol. The van der Waals surface area contributed by atoms with Crippen LogP contribution >= 0.6 is 0 Å². The van der Waals surface area contributed by atoms with Crippen molar-refractivity contribution < 1.29 is 59.1 Å². The summed E-state index contributed by atoms with van der Waals surface area (Å²) in [6, 6.07) is 13.1. The van der Waals surface area contributed by atoms with Crippen molar-refractivity contribution in [2.45, 2.75) is 75.3 Å². The molecule has 3 heterocycles. The standard InChI is InChI=1S/C46H56N8O12/c1-26(16-17-28-12-5-4-6-13-28)10-9-11-27(2)41(61)42(62)40-43(63)45(65)51-34-20-36(57)53-46(34,66)21-39(60)54(3)25-38(59)50-33(18-29-22-47-32-15-8-7-14-31(29)32)44(64)49-24-37(58)48-23-30(55)19-35(56)52-40/h4-18,22,27,30,34,40-43,47,55,61-63,66H,19-21,23-25H2,1-3H3,(H,48,58)(H,49,64)(H,50,59)(H,51,65)(H,52,56)(H,53,57)/b11-9+,17-16+,26-10+,33-18-/t27-,30+,34+,40+,41-,42-,43-,46+/m0/s1. The van der Waals surface area contributed by atoms with E-state index in [1.165, 1.54) is 20.0 Å². The van der Waals surface area contributed by atoms with Gasteiger partial charge in [0.25, 0.3) is 11.8 Å². The molecular weight excluding hydrogens is 857 g/mol. The van der Waals surface area contributed by atoms with E-state index in [9.17, 15) is 59.1 Å². The minimum Gasteiger partial charge on any atom is -0.391 e. The molecule has 1 aromatic heterocycles. The number of para-hydroxylation sites is 1. The lowest BCUT2D eigenvalue weighted by atomic mass is 9.91. The van der Waals surface area contributed by atoms with Crippen molar-refractivity contribution >= 4 is 64.4 Å². The molecule has 0 aliphatic carbocycles. The van der Waals surface area contributed by atoms with Gasteiger partial charge in [-0.15, -0.1) is 0 Å². The van der Waals surface area contributed by atoms with Crippen molar-refractivity contribution in [1.82, 2.24) is 41.8 Å². The first kappa shape index (κ1) is 50.0. The smallest absolute Gasteiger partial charge is 0.268 e. The summed E-state index contributed by atoms with van der Waals surface area (Å²) in [5.41, 5.74) is 0.246. The van der Waals surface area contributed by atoms with E-state index >= 15 is 0 Å². The molecule has 0 spiro atoms. The number of amides is 7. The minimum atomic E-state index is -2.47. The summed E-state index contributed by atoms with van der Waals surface area (Å²) in [6.07, 6.45) is 1.67. The SMILES string of the molecule is CC(/C=C/c1ccccc1)=C\C=C\[C@H](C)[C@H](O)[C@@H](O)[C@H]1NC(=O)C[C@@H](O)CNC(=O)CNC(=O)/C(=C/c2c[nH]c3ccccc23)NC(=O)CN(C)C(=O)C[C@]2(O)NC(=O)C[C@H]2NC(=O)[C@H]1O. The number of benzene rings is 2. The third-order valence-corrected chi connectivity index (χ3v) is 11.0. The zero-order valence-electron chi connectivity index (χ0n) is 36.6. The third kappa shape index (κ3) is 13.8. The molecule has 0 unspecified atom stereocenters. The average Bonchev–Trinajstić information content (AvgIpc) is 3.82. The van der Waals surface area contributed by atoms with Gasteiger partial charge in [-0.3, -0.25) is 33.6 Å². The van der Waals surface area contributed by atoms with Gasteiger partial charge >= 0.3 is 0 Å². The number of rotatable bonds is 8. The van der Waals surface area contributed by atoms with Crippen molar-refractivity contribution in [1.29, 1.82) is 0 Å². The second kappa shape index (κ2) is 22.8. The summed E-state index contributed by atoms with van der Waals surface area (Å²) in [6.45, 7) is 1.53. The number of hydrogen-bond acceptors (Lipinski definition) is 12. The predicted octanol–water partition coefficient (Wildman–Crippen LogP) is -1.42. The molecule has 0 radical (unpaired) electrons. The van der Waals surface area contributed by atoms with Crippen LogP contribution in [0.25, 0.3) is 23.1 Å². The maximum Gasteiger partial charge on any atom is 0.268 e. The number of likely N-dealkylation sites (N-methyl/N-ethyl adjacent to an activating group) is 1. The largest absolute Gasteiger partial charge is 0.391 e. The van der Waals surface area contributed by atoms with Crippen LogP contribution in [-0.2, 0) is 33.6 Å². The van der Waals surface area contributed by atoms with Crippen LogP contribution in [0.5, 0.6) is 0 Å². The van der Waals surface area contributed by atoms with Crippen LogP contribution in [0.4, 0.5) is 0 Å². The van der Waals surface area contributed by atoms with Crippen molar-refractivity contribution in [3.05, 3.63) is 107 Å². The maximum atomic E-state index is 13.7. The van der Waals surface area contributed by atoms with Crippen molar-refractivity contribution in [3.63, 3.8) is 0 Å². The van der Waals surface area contributed by atoms with E-state index in [0.29, 0.717) is 10.9 Å². The van der Waals surface area contributed by atoms with Gasteiger partial charge in [-0.1, -0.05) is 91.4 Å². The third-order valence-electron chi connectivity index (χ3n) is 11.0. The molecule has 66 heavy (non-hydrogen) atoms. The number of carbonyl (C=O) groups excluding carboxylic acids is 7. The highest BCUT2D eigenvalue weighted by Gasteiger charge is 2.49. The van der Waals surface area contributed by atoms with Crippen molar-refractivity contribution in [2.24, 2.45) is 5.92 Å². The number of nitrogens with zero attached hydrogens (tertiary/aromatic N) is 1. The molecule has 352 valence electrons. The highest BCUT2D eigenvalue weighted by Crippen LogP contribution is 2.24. The first-order valence-electron chi connectivity index (χ1n) is 21.1. The Kier molecular flexibility index (Phi) is 17.3. The van der Waals surface area contributed by atoms with Crippen LogP contribution < -0.4 is 31.9 Å². The molecule has 2 fully saturated rings. The van der Waals surface area contributed by atoms with Crippen LogP contribution in [0.3, 0.4) is 0 Å². The number of allylic oxidation sites excluding steroid dienone is 4. The summed E-state index contributed by atoms with van der Waals surface area (Å²) < 4.78 is 0. The van der Waals surface area contributed by atoms with Gasteiger partial charge in [0.2, 0.25) is 29.5 Å². The molecular formula is C46H56N8O12. The zero-order valence-corrected chi connectivity index (χ0v) is 36.6. The summed E-state index contributed by atoms with van der Waals surface area (Å²) in [5.74, 6) is -7.51. The quantitative estimate of drug-likeness (QED) is 0.0917. The number of aliphatic hydroxyl groups is 5. The number of aromatic nitrogens is 1. The Balaban J connectivity index is 1.37. The molecule has 12 N–H and O–H groups in total. The van der Waals surface area contributed by atoms with Crippen LogP contribution in [-0.4, -0.2) is 146 Å². The molecule has 5 rings (SSSR count). The summed E-state index contributed by atoms with van der Waals surface area (Å²) in [7, 11) is 1.21. The molecule has 20 heteroatoms. The minimum absolute atomic E-state index is 0.317. The topological polar surface area (TPSA) is 312 Å². The number of hydrogen-bond donors (Lipinski definition) is 12. The molecule has 20 nitrogen and oxygen atoms in total. The Morgan fingerprint density at radius 3 is 2.33 bits per heavy atom. The van der Waals surface area contributed by atoms with Gasteiger partial charge in [0.15, 0.2) is 11.8 Å². The molecule has 8 atom stereocenters. The lowest BCUT2D eigenvalue weighted by Gasteiger charge is -2.34. The Labute approximate surface area is 379 Å². The number of H-pyrrole nitrogens is 1. The van der Waals surface area contributed by atoms with Gasteiger partial charge < -0.3 is 67.3 Å². The molecule has 2 aliphatic heterocycles. The zero-order chi connectivity index (χ0) is 48.1. The Morgan fingerprint density at radius 2 is 1.59 bits per heavy atom. The fourth-order valence-corrected chi connectivity index (χ4v) is 7.18. The first-order valence-corrected chi connectivity index (χ1v) is 21.1. The van der Waals surface area contributed by atoms with Crippen molar-refractivity contribution in [3.8, 4) is 0 Å². The van der Waals surface area contributed by atoms with E-state index in [1.807, 2.05) is 49.4 Å². The predicted molar refractivity (Wildman–Crippen MR) is 240 cm³/mol. The van der Waals surface area contributed by atoms with Crippen LogP contribution in [0, 0.1) is 5.92 Å². The Bertz CT molecular complexity index is 2400. The monoisotopic (exact) mass is 912 g/mol. The van der Waals surface area contributed by atoms with Crippen LogP contribution in [0.15, 0.2) is 96.4 Å². The highest BCUT2D eigenvalue weighted by molar-refractivity contribution is 6.05. The molecule has 3 aromatic rings. The number of aromatic amines is 1. The Hall–Kier alpha value is -6.97. The highest BCUT2D eigenvalue weighted by atomic mass is 16.3. The van der Waals surface area contributed by atoms with Gasteiger partial charge in [0.1, 0.15) is 11.8 Å². The van der Waals surface area contributed by atoms with E-state index in [1.54, 1.807) is 48.7 Å². The lowest BCUT2D eigenvalue weighted by molar-refractivity contribution is -0.145. The van der Waals surface area contributed by atoms with E-state index in [2.05, 4.69) is 36.9 Å². The number of β-amino-alcohol motifs (C(OH)–C–C–N with tert-alkyl or cyclic N) is 1. The summed E-state index contributed by atoms with van der Waals surface area (Å²) in [5, 5.41) is 71.0. The number of fused-ring (bicyclic) bond motifs is 2. The van der Waals surface area contributed by atoms with Gasteiger partial charge in [0, 0.05) is 42.2 Å². The maximum absolute atomic E-state index is 13.7. The lowest BCUT2D eigenvalue weighted by Crippen LogP contribution is -2.63. The second-order valence-corrected chi connectivity index (χ2v) is 16.3. The molecule has 7 amide bonds. The van der Waals surface area contributed by atoms with Gasteiger partial charge in [-0.25, -0.2) is 0 Å². The first-order chi connectivity index (χ1) is 31.3. The molecule has 2 aliphatic rings. The number of carbonyl (C=O) groups is 7. The molecule has 2 aromatic carbocycles. The number of nitrogens with one attached hydrogen (secondary N) is 7. The van der Waals surface area contributed by atoms with Crippen molar-refractivity contribution in [2.75, 3.05) is 26.7 Å². The fraction of sp³-hybridized carbons (Fsp3) is 0.370. The van der Waals surface area contributed by atoms with E-state index in [4.69, 9.17) is 0 Å². The van der Waals surface area contributed by atoms with E-state index in [-0.39, 0.29) is 5.70 Å². The van der Waals surface area contributed by atoms with Crippen LogP contribution in [0.1, 0.15) is 44.2 Å². The number of aliphatic hydroxyl groups excluding tert-OH is 4. The second-order valence-electron chi connectivity index (χ2n) is 16.3. The van der Waals surface area contributed by atoms with Gasteiger partial charge in [0.05, 0.1) is 56.6 Å². The van der Waals surface area contributed by atoms with E-state index in [0.717, 1.165) is 21.6 Å². The van der Waals surface area contributed by atoms with Crippen LogP contribution in [0.2, 0.25) is 0 Å². The fourth-order valence-electron chi connectivity index (χ4n) is 7.18.